The average Bonchev–Trinajstić information content (AvgIpc) is 2.17. The number of nitrogens with two attached hydrogens (primary N) is 1. The lowest BCUT2D eigenvalue weighted by Crippen LogP contribution is -2.15. The molecule has 1 aromatic rings. The van der Waals surface area contributed by atoms with E-state index in [1.807, 2.05) is 0 Å². The maximum Gasteiger partial charge on any atom is 0.335 e. The minimum Gasteiger partial charge on any atom is -0.481 e. The molecule has 0 saturated heterocycles. The predicted molar refractivity (Wildman–Crippen MR) is 52.6 cm³/mol. The lowest BCUT2D eigenvalue weighted by Gasteiger charge is -2.08. The van der Waals surface area contributed by atoms with Crippen LogP contribution in [0.15, 0.2) is 24.3 Å². The van der Waals surface area contributed by atoms with Gasteiger partial charge >= 0.3 is 11.9 Å². The van der Waals surface area contributed by atoms with Crippen LogP contribution in [0.25, 0.3) is 0 Å². The molecule has 0 bridgehead atoms. The molecule has 1 rings (SSSR count). The van der Waals surface area contributed by atoms with Crippen molar-refractivity contribution >= 4 is 11.9 Å². The van der Waals surface area contributed by atoms with E-state index in [0.717, 1.165) is 0 Å². The van der Waals surface area contributed by atoms with Crippen molar-refractivity contribution in [2.75, 3.05) is 0 Å². The number of hydrogen-bond acceptors (Lipinski definition) is 3. The van der Waals surface area contributed by atoms with Crippen LogP contribution in [0.5, 0.6) is 0 Å². The van der Waals surface area contributed by atoms with E-state index in [-0.39, 0.29) is 12.0 Å². The second-order valence-corrected chi connectivity index (χ2v) is 3.13. The quantitative estimate of drug-likeness (QED) is 0.682. The lowest BCUT2D eigenvalue weighted by atomic mass is 10.0. The first-order chi connectivity index (χ1) is 7.00. The fourth-order valence-electron chi connectivity index (χ4n) is 1.18. The van der Waals surface area contributed by atoms with Gasteiger partial charge in [0.2, 0.25) is 0 Å². The molecular weight excluding hydrogens is 198 g/mol. The molecule has 0 fully saturated rings. The zero-order chi connectivity index (χ0) is 11.4. The van der Waals surface area contributed by atoms with Crippen LogP contribution in [0.4, 0.5) is 0 Å². The summed E-state index contributed by atoms with van der Waals surface area (Å²) in [6.07, 6.45) is -0.174. The summed E-state index contributed by atoms with van der Waals surface area (Å²) in [6, 6.07) is 5.25. The fourth-order valence-corrected chi connectivity index (χ4v) is 1.18. The topological polar surface area (TPSA) is 101 Å². The Morgan fingerprint density at radius 2 is 1.73 bits per heavy atom. The average molecular weight is 209 g/mol. The fraction of sp³-hybridized carbons (Fsp3) is 0.200. The first-order valence-corrected chi connectivity index (χ1v) is 4.31. The molecule has 0 radical (unpaired) electrons. The van der Waals surface area contributed by atoms with E-state index >= 15 is 0 Å². The van der Waals surface area contributed by atoms with Crippen LogP contribution in [-0.4, -0.2) is 22.2 Å². The maximum atomic E-state index is 10.5. The predicted octanol–water partition coefficient (Wildman–Crippen LogP) is 0.859. The summed E-state index contributed by atoms with van der Waals surface area (Å²) in [5, 5.41) is 17.1. The van der Waals surface area contributed by atoms with Gasteiger partial charge in [-0.2, -0.15) is 0 Å². The highest BCUT2D eigenvalue weighted by molar-refractivity contribution is 5.87. The molecule has 1 aromatic carbocycles. The number of carboxylic acid groups (broad SMARTS) is 2. The van der Waals surface area contributed by atoms with E-state index in [1.165, 1.54) is 24.3 Å². The minimum absolute atomic E-state index is 0.154. The van der Waals surface area contributed by atoms with Crippen molar-refractivity contribution in [1.82, 2.24) is 0 Å². The third-order valence-corrected chi connectivity index (χ3v) is 1.98. The Morgan fingerprint density at radius 3 is 2.13 bits per heavy atom. The molecular formula is C10H11NO4. The Bertz CT molecular complexity index is 372. The molecule has 80 valence electrons. The monoisotopic (exact) mass is 209 g/mol. The first-order valence-electron chi connectivity index (χ1n) is 4.31. The Hall–Kier alpha value is -1.88. The third kappa shape index (κ3) is 3.07. The molecule has 0 heterocycles. The summed E-state index contributed by atoms with van der Waals surface area (Å²) in [5.74, 6) is -2.00. The van der Waals surface area contributed by atoms with Gasteiger partial charge in [-0.05, 0) is 17.7 Å². The maximum absolute atomic E-state index is 10.5. The Morgan fingerprint density at radius 1 is 1.20 bits per heavy atom. The molecule has 15 heavy (non-hydrogen) atoms. The highest BCUT2D eigenvalue weighted by Crippen LogP contribution is 2.14. The smallest absolute Gasteiger partial charge is 0.335 e. The highest BCUT2D eigenvalue weighted by atomic mass is 16.4. The number of hydrogen-bond donors (Lipinski definition) is 3. The molecule has 0 saturated carbocycles. The molecule has 5 heteroatoms. The molecule has 0 aromatic heterocycles. The van der Waals surface area contributed by atoms with Crippen LogP contribution < -0.4 is 5.73 Å². The molecule has 5 nitrogen and oxygen atoms in total. The van der Waals surface area contributed by atoms with Crippen molar-refractivity contribution in [3.8, 4) is 0 Å². The van der Waals surface area contributed by atoms with Crippen molar-refractivity contribution in [2.45, 2.75) is 12.5 Å². The summed E-state index contributed by atoms with van der Waals surface area (Å²) < 4.78 is 0. The number of aliphatic carboxylic acids is 1. The van der Waals surface area contributed by atoms with Gasteiger partial charge in [-0.3, -0.25) is 4.79 Å². The lowest BCUT2D eigenvalue weighted by molar-refractivity contribution is -0.137. The van der Waals surface area contributed by atoms with Crippen molar-refractivity contribution < 1.29 is 19.8 Å². The van der Waals surface area contributed by atoms with Gasteiger partial charge in [-0.25, -0.2) is 4.79 Å². The molecule has 1 atom stereocenters. The zero-order valence-electron chi connectivity index (χ0n) is 7.88. The number of rotatable bonds is 4. The highest BCUT2D eigenvalue weighted by Gasteiger charge is 2.11. The Kier molecular flexibility index (Phi) is 3.41. The van der Waals surface area contributed by atoms with Crippen LogP contribution in [0.1, 0.15) is 28.4 Å². The van der Waals surface area contributed by atoms with Crippen molar-refractivity contribution in [3.63, 3.8) is 0 Å². The minimum atomic E-state index is -1.02. The molecule has 0 aliphatic carbocycles. The van der Waals surface area contributed by atoms with E-state index < -0.39 is 18.0 Å². The normalized spacial score (nSPS) is 12.1. The van der Waals surface area contributed by atoms with Crippen molar-refractivity contribution in [2.24, 2.45) is 5.73 Å². The summed E-state index contributed by atoms with van der Waals surface area (Å²) in [6.45, 7) is 0. The number of carboxylic acids is 2. The van der Waals surface area contributed by atoms with Crippen LogP contribution in [0.3, 0.4) is 0 Å². The second-order valence-electron chi connectivity index (χ2n) is 3.13. The van der Waals surface area contributed by atoms with Gasteiger partial charge in [0, 0.05) is 6.04 Å². The number of aromatic carboxylic acids is 1. The third-order valence-electron chi connectivity index (χ3n) is 1.98. The molecule has 0 amide bonds. The van der Waals surface area contributed by atoms with Crippen LogP contribution in [-0.2, 0) is 4.79 Å². The molecule has 0 aliphatic heterocycles. The van der Waals surface area contributed by atoms with Crippen molar-refractivity contribution in [1.29, 1.82) is 0 Å². The van der Waals surface area contributed by atoms with Gasteiger partial charge in [0.1, 0.15) is 0 Å². The van der Waals surface area contributed by atoms with Gasteiger partial charge in [0.05, 0.1) is 12.0 Å². The summed E-state index contributed by atoms with van der Waals surface area (Å²) in [5.41, 5.74) is 6.36. The number of carbonyl (C=O) groups is 2. The van der Waals surface area contributed by atoms with Crippen molar-refractivity contribution in [3.05, 3.63) is 35.4 Å². The summed E-state index contributed by atoms with van der Waals surface area (Å²) in [4.78, 5) is 20.9. The zero-order valence-corrected chi connectivity index (χ0v) is 7.88. The van der Waals surface area contributed by atoms with Crippen LogP contribution in [0, 0.1) is 0 Å². The van der Waals surface area contributed by atoms with E-state index in [4.69, 9.17) is 15.9 Å². The first kappa shape index (κ1) is 11.2. The molecule has 0 aliphatic rings. The van der Waals surface area contributed by atoms with E-state index in [1.54, 1.807) is 0 Å². The van der Waals surface area contributed by atoms with E-state index in [2.05, 4.69) is 0 Å². The second kappa shape index (κ2) is 4.56. The van der Waals surface area contributed by atoms with Crippen LogP contribution in [0.2, 0.25) is 0 Å². The SMILES string of the molecule is N[C@H](CC(=O)O)c1ccc(C(=O)O)cc1. The van der Waals surface area contributed by atoms with Gasteiger partial charge in [0.25, 0.3) is 0 Å². The Labute approximate surface area is 86.1 Å². The molecule has 0 unspecified atom stereocenters. The van der Waals surface area contributed by atoms with E-state index in [0.29, 0.717) is 5.56 Å². The molecule has 4 N–H and O–H groups in total. The Balaban J connectivity index is 2.79. The molecule has 0 spiro atoms. The van der Waals surface area contributed by atoms with Gasteiger partial charge < -0.3 is 15.9 Å². The van der Waals surface area contributed by atoms with Gasteiger partial charge in [0.15, 0.2) is 0 Å². The standard InChI is InChI=1S/C10H11NO4/c11-8(5-9(12)13)6-1-3-7(4-2-6)10(14)15/h1-4,8H,5,11H2,(H,12,13)(H,14,15)/t8-/m1/s1. The van der Waals surface area contributed by atoms with Gasteiger partial charge in [-0.1, -0.05) is 12.1 Å². The van der Waals surface area contributed by atoms with Gasteiger partial charge in [-0.15, -0.1) is 0 Å². The number of benzene rings is 1. The van der Waals surface area contributed by atoms with Crippen LogP contribution >= 0.6 is 0 Å². The summed E-state index contributed by atoms with van der Waals surface area (Å²) >= 11 is 0. The largest absolute Gasteiger partial charge is 0.481 e. The van der Waals surface area contributed by atoms with E-state index in [9.17, 15) is 9.59 Å². The summed E-state index contributed by atoms with van der Waals surface area (Å²) in [7, 11) is 0.